The average Bonchev–Trinajstić information content (AvgIpc) is 3.13. The highest BCUT2D eigenvalue weighted by Crippen LogP contribution is 2.15. The fourth-order valence-corrected chi connectivity index (χ4v) is 2.29. The van der Waals surface area contributed by atoms with Gasteiger partial charge < -0.3 is 15.2 Å². The molecule has 0 radical (unpaired) electrons. The second-order valence-electron chi connectivity index (χ2n) is 4.66. The molecular weight excluding hydrogens is 240 g/mol. The van der Waals surface area contributed by atoms with E-state index >= 15 is 0 Å². The summed E-state index contributed by atoms with van der Waals surface area (Å²) in [5.41, 5.74) is 1.79. The monoisotopic (exact) mass is 256 g/mol. The standard InChI is InChI=1S/C14H16N4O/c19-14(13-5-2-6-16-13)17-11-3-1-4-12(9-11)18-8-7-15-10-18/h1,3-4,7-10,13,16H,2,5-6H2,(H,17,19). The summed E-state index contributed by atoms with van der Waals surface area (Å²) in [6, 6.07) is 7.68. The zero-order valence-electron chi connectivity index (χ0n) is 10.5. The summed E-state index contributed by atoms with van der Waals surface area (Å²) >= 11 is 0. The van der Waals surface area contributed by atoms with Crippen LogP contribution < -0.4 is 10.6 Å². The van der Waals surface area contributed by atoms with Gasteiger partial charge in [-0.25, -0.2) is 4.98 Å². The van der Waals surface area contributed by atoms with Crippen LogP contribution in [0.3, 0.4) is 0 Å². The van der Waals surface area contributed by atoms with Crippen LogP contribution in [0.2, 0.25) is 0 Å². The Kier molecular flexibility index (Phi) is 3.29. The van der Waals surface area contributed by atoms with Crippen molar-refractivity contribution in [2.75, 3.05) is 11.9 Å². The maximum atomic E-state index is 12.0. The van der Waals surface area contributed by atoms with Crippen molar-refractivity contribution >= 4 is 11.6 Å². The fourth-order valence-electron chi connectivity index (χ4n) is 2.29. The lowest BCUT2D eigenvalue weighted by Crippen LogP contribution is -2.35. The minimum Gasteiger partial charge on any atom is -0.325 e. The molecule has 0 bridgehead atoms. The summed E-state index contributed by atoms with van der Waals surface area (Å²) in [5.74, 6) is 0.0419. The van der Waals surface area contributed by atoms with Crippen LogP contribution in [0.4, 0.5) is 5.69 Å². The summed E-state index contributed by atoms with van der Waals surface area (Å²) in [5, 5.41) is 6.14. The lowest BCUT2D eigenvalue weighted by molar-refractivity contribution is -0.117. The molecule has 5 heteroatoms. The summed E-state index contributed by atoms with van der Waals surface area (Å²) in [6.07, 6.45) is 7.31. The Labute approximate surface area is 111 Å². The van der Waals surface area contributed by atoms with Crippen molar-refractivity contribution in [3.63, 3.8) is 0 Å². The highest BCUT2D eigenvalue weighted by molar-refractivity contribution is 5.95. The van der Waals surface area contributed by atoms with Crippen molar-refractivity contribution in [3.8, 4) is 5.69 Å². The average molecular weight is 256 g/mol. The number of anilines is 1. The van der Waals surface area contributed by atoms with E-state index < -0.39 is 0 Å². The van der Waals surface area contributed by atoms with Gasteiger partial charge in [0.2, 0.25) is 5.91 Å². The van der Waals surface area contributed by atoms with Gasteiger partial charge in [-0.3, -0.25) is 4.79 Å². The third-order valence-corrected chi connectivity index (χ3v) is 3.29. The summed E-state index contributed by atoms with van der Waals surface area (Å²) in [4.78, 5) is 16.0. The first-order valence-electron chi connectivity index (χ1n) is 6.45. The van der Waals surface area contributed by atoms with E-state index in [0.29, 0.717) is 0 Å². The van der Waals surface area contributed by atoms with Crippen molar-refractivity contribution in [2.24, 2.45) is 0 Å². The highest BCUT2D eigenvalue weighted by atomic mass is 16.2. The van der Waals surface area contributed by atoms with Gasteiger partial charge in [0.1, 0.15) is 0 Å². The molecule has 1 fully saturated rings. The first kappa shape index (κ1) is 11.9. The third-order valence-electron chi connectivity index (χ3n) is 3.29. The Morgan fingerprint density at radius 3 is 3.16 bits per heavy atom. The maximum absolute atomic E-state index is 12.0. The predicted molar refractivity (Wildman–Crippen MR) is 73.2 cm³/mol. The van der Waals surface area contributed by atoms with Crippen molar-refractivity contribution in [1.29, 1.82) is 0 Å². The second kappa shape index (κ2) is 5.24. The van der Waals surface area contributed by atoms with Crippen LogP contribution in [0.1, 0.15) is 12.8 Å². The first-order valence-corrected chi connectivity index (χ1v) is 6.45. The molecule has 1 aromatic heterocycles. The summed E-state index contributed by atoms with van der Waals surface area (Å²) < 4.78 is 1.91. The number of hydrogen-bond acceptors (Lipinski definition) is 3. The molecule has 0 aliphatic carbocycles. The van der Waals surface area contributed by atoms with E-state index in [1.54, 1.807) is 12.5 Å². The van der Waals surface area contributed by atoms with Crippen LogP contribution in [0.5, 0.6) is 0 Å². The van der Waals surface area contributed by atoms with Gasteiger partial charge in [-0.15, -0.1) is 0 Å². The van der Waals surface area contributed by atoms with E-state index in [1.165, 1.54) is 0 Å². The number of hydrogen-bond donors (Lipinski definition) is 2. The molecular formula is C14H16N4O. The van der Waals surface area contributed by atoms with E-state index in [0.717, 1.165) is 30.8 Å². The van der Waals surface area contributed by atoms with Crippen LogP contribution in [0, 0.1) is 0 Å². The number of nitrogens with one attached hydrogen (secondary N) is 2. The van der Waals surface area contributed by atoms with Crippen molar-refractivity contribution < 1.29 is 4.79 Å². The second-order valence-corrected chi connectivity index (χ2v) is 4.66. The smallest absolute Gasteiger partial charge is 0.241 e. The number of imidazole rings is 1. The van der Waals surface area contributed by atoms with Crippen LogP contribution >= 0.6 is 0 Å². The molecule has 19 heavy (non-hydrogen) atoms. The molecule has 1 atom stereocenters. The minimum absolute atomic E-state index is 0.0419. The number of amides is 1. The van der Waals surface area contributed by atoms with Gasteiger partial charge in [0.05, 0.1) is 12.4 Å². The quantitative estimate of drug-likeness (QED) is 0.876. The lowest BCUT2D eigenvalue weighted by atomic mass is 10.2. The fraction of sp³-hybridized carbons (Fsp3) is 0.286. The Morgan fingerprint density at radius 1 is 1.47 bits per heavy atom. The van der Waals surface area contributed by atoms with E-state index in [4.69, 9.17) is 0 Å². The number of carbonyl (C=O) groups is 1. The first-order chi connectivity index (χ1) is 9.33. The number of rotatable bonds is 3. The van der Waals surface area contributed by atoms with Crippen LogP contribution in [0.15, 0.2) is 43.0 Å². The summed E-state index contributed by atoms with van der Waals surface area (Å²) in [7, 11) is 0. The number of benzene rings is 1. The van der Waals surface area contributed by atoms with Gasteiger partial charge in [0.15, 0.2) is 0 Å². The van der Waals surface area contributed by atoms with E-state index in [9.17, 15) is 4.79 Å². The number of aromatic nitrogens is 2. The van der Waals surface area contributed by atoms with Crippen molar-refractivity contribution in [1.82, 2.24) is 14.9 Å². The molecule has 2 aromatic rings. The van der Waals surface area contributed by atoms with Crippen molar-refractivity contribution in [3.05, 3.63) is 43.0 Å². The molecule has 98 valence electrons. The highest BCUT2D eigenvalue weighted by Gasteiger charge is 2.21. The van der Waals surface area contributed by atoms with Crippen LogP contribution in [-0.4, -0.2) is 28.0 Å². The third kappa shape index (κ3) is 2.66. The Morgan fingerprint density at radius 2 is 2.42 bits per heavy atom. The lowest BCUT2D eigenvalue weighted by Gasteiger charge is -2.12. The van der Waals surface area contributed by atoms with Gasteiger partial charge in [-0.05, 0) is 37.6 Å². The molecule has 1 aliphatic rings. The number of carbonyl (C=O) groups excluding carboxylic acids is 1. The molecule has 2 heterocycles. The minimum atomic E-state index is -0.0584. The normalized spacial score (nSPS) is 18.4. The van der Waals surface area contributed by atoms with E-state index in [-0.39, 0.29) is 11.9 Å². The van der Waals surface area contributed by atoms with Gasteiger partial charge in [0, 0.05) is 23.8 Å². The maximum Gasteiger partial charge on any atom is 0.241 e. The molecule has 3 rings (SSSR count). The topological polar surface area (TPSA) is 59.0 Å². The van der Waals surface area contributed by atoms with Crippen molar-refractivity contribution in [2.45, 2.75) is 18.9 Å². The molecule has 1 amide bonds. The molecule has 1 aromatic carbocycles. The van der Waals surface area contributed by atoms with E-state index in [2.05, 4.69) is 15.6 Å². The number of nitrogens with zero attached hydrogens (tertiary/aromatic N) is 2. The zero-order valence-corrected chi connectivity index (χ0v) is 10.5. The predicted octanol–water partition coefficient (Wildman–Crippen LogP) is 1.56. The summed E-state index contributed by atoms with van der Waals surface area (Å²) in [6.45, 7) is 0.924. The molecule has 1 saturated heterocycles. The molecule has 1 unspecified atom stereocenters. The van der Waals surface area contributed by atoms with Crippen LogP contribution in [-0.2, 0) is 4.79 Å². The van der Waals surface area contributed by atoms with E-state index in [1.807, 2.05) is 35.0 Å². The molecule has 0 saturated carbocycles. The molecule has 2 N–H and O–H groups in total. The Balaban J connectivity index is 1.74. The molecule has 5 nitrogen and oxygen atoms in total. The SMILES string of the molecule is O=C(Nc1cccc(-n2ccnc2)c1)C1CCCN1. The van der Waals surface area contributed by atoms with Crippen LogP contribution in [0.25, 0.3) is 5.69 Å². The van der Waals surface area contributed by atoms with Gasteiger partial charge in [0.25, 0.3) is 0 Å². The Hall–Kier alpha value is -2.14. The van der Waals surface area contributed by atoms with Gasteiger partial charge in [-0.2, -0.15) is 0 Å². The molecule has 0 spiro atoms. The van der Waals surface area contributed by atoms with Gasteiger partial charge in [-0.1, -0.05) is 6.07 Å². The largest absolute Gasteiger partial charge is 0.325 e. The van der Waals surface area contributed by atoms with Gasteiger partial charge >= 0.3 is 0 Å². The zero-order chi connectivity index (χ0) is 13.1. The Bertz CT molecular complexity index is 559. The molecule has 1 aliphatic heterocycles.